The predicted octanol–water partition coefficient (Wildman–Crippen LogP) is 2.78. The molecule has 2 aromatic heterocycles. The van der Waals surface area contributed by atoms with Crippen LogP contribution in [0.2, 0.25) is 0 Å². The second-order valence-electron chi connectivity index (χ2n) is 5.00. The first-order valence-corrected chi connectivity index (χ1v) is 7.07. The maximum Gasteiger partial charge on any atom is 0.117 e. The van der Waals surface area contributed by atoms with E-state index in [2.05, 4.69) is 16.0 Å². The van der Waals surface area contributed by atoms with E-state index in [9.17, 15) is 9.65 Å². The summed E-state index contributed by atoms with van der Waals surface area (Å²) < 4.78 is 15.4. The molecule has 0 unspecified atom stereocenters. The van der Waals surface area contributed by atoms with Crippen LogP contribution in [0.1, 0.15) is 5.56 Å². The smallest absolute Gasteiger partial charge is 0.117 e. The largest absolute Gasteiger partial charge is 0.327 e. The summed E-state index contributed by atoms with van der Waals surface area (Å²) in [7, 11) is 0. The van der Waals surface area contributed by atoms with E-state index in [-0.39, 0.29) is 18.9 Å². The number of benzene rings is 1. The van der Waals surface area contributed by atoms with Crippen LogP contribution in [0.25, 0.3) is 22.2 Å². The van der Waals surface area contributed by atoms with Crippen molar-refractivity contribution in [1.82, 2.24) is 14.5 Å². The molecule has 3 rings (SSSR count). The fraction of sp³-hybridized carbons (Fsp3) is 0.118. The van der Waals surface area contributed by atoms with Gasteiger partial charge in [-0.2, -0.15) is 5.26 Å². The first-order valence-electron chi connectivity index (χ1n) is 7.07. The van der Waals surface area contributed by atoms with Gasteiger partial charge in [0.15, 0.2) is 0 Å². The molecule has 0 saturated carbocycles. The van der Waals surface area contributed by atoms with E-state index >= 15 is 0 Å². The second kappa shape index (κ2) is 6.38. The molecule has 0 bridgehead atoms. The second-order valence-corrected chi connectivity index (χ2v) is 5.00. The normalized spacial score (nSPS) is 11.6. The number of aromatic nitrogens is 3. The molecular formula is C17H14FN5. The van der Waals surface area contributed by atoms with Crippen molar-refractivity contribution in [1.29, 1.82) is 5.26 Å². The number of hydrogen-bond acceptors (Lipinski definition) is 4. The highest BCUT2D eigenvalue weighted by atomic mass is 19.1. The highest BCUT2D eigenvalue weighted by Crippen LogP contribution is 2.29. The fourth-order valence-electron chi connectivity index (χ4n) is 2.45. The van der Waals surface area contributed by atoms with Gasteiger partial charge in [-0.05, 0) is 24.3 Å². The van der Waals surface area contributed by atoms with Gasteiger partial charge in [0.05, 0.1) is 35.5 Å². The van der Waals surface area contributed by atoms with Crippen LogP contribution in [0.5, 0.6) is 0 Å². The predicted molar refractivity (Wildman–Crippen MR) is 85.9 cm³/mol. The average molecular weight is 307 g/mol. The molecule has 0 fully saturated rings. The van der Waals surface area contributed by atoms with Gasteiger partial charge in [-0.3, -0.25) is 4.98 Å². The fourth-order valence-corrected chi connectivity index (χ4v) is 2.45. The molecule has 2 N–H and O–H groups in total. The van der Waals surface area contributed by atoms with E-state index < -0.39 is 0 Å². The minimum Gasteiger partial charge on any atom is -0.327 e. The third-order valence-corrected chi connectivity index (χ3v) is 3.49. The first kappa shape index (κ1) is 14.9. The molecule has 6 heteroatoms. The van der Waals surface area contributed by atoms with Crippen LogP contribution in [-0.2, 0) is 6.54 Å². The van der Waals surface area contributed by atoms with Gasteiger partial charge in [-0.15, -0.1) is 0 Å². The summed E-state index contributed by atoms with van der Waals surface area (Å²) in [5.41, 5.74) is 8.88. The molecule has 3 aromatic rings. The lowest BCUT2D eigenvalue weighted by atomic mass is 10.0. The summed E-state index contributed by atoms with van der Waals surface area (Å²) in [4.78, 5) is 8.49. The van der Waals surface area contributed by atoms with E-state index in [1.165, 1.54) is 6.08 Å². The van der Waals surface area contributed by atoms with E-state index in [4.69, 9.17) is 5.73 Å². The summed E-state index contributed by atoms with van der Waals surface area (Å²) in [6.07, 6.45) is 6.28. The summed E-state index contributed by atoms with van der Waals surface area (Å²) in [6.45, 7) is 0.178. The van der Waals surface area contributed by atoms with Crippen LogP contribution >= 0.6 is 0 Å². The van der Waals surface area contributed by atoms with Crippen LogP contribution in [0.15, 0.2) is 54.9 Å². The zero-order valence-corrected chi connectivity index (χ0v) is 12.3. The highest BCUT2D eigenvalue weighted by molar-refractivity contribution is 5.93. The van der Waals surface area contributed by atoms with Gasteiger partial charge in [-0.1, -0.05) is 6.07 Å². The summed E-state index contributed by atoms with van der Waals surface area (Å²) in [5, 5.41) is 9.27. The molecule has 0 aliphatic carbocycles. The Balaban J connectivity index is 2.18. The van der Waals surface area contributed by atoms with Crippen molar-refractivity contribution in [3.63, 3.8) is 0 Å². The SMILES string of the molecule is N#Cc1cc(-c2cccnc2)c2ncn(CC(F)=CCN)c2c1. The van der Waals surface area contributed by atoms with Crippen LogP contribution in [0, 0.1) is 11.3 Å². The number of nitrogens with two attached hydrogens (primary N) is 1. The monoisotopic (exact) mass is 307 g/mol. The molecular weight excluding hydrogens is 293 g/mol. The number of allylic oxidation sites excluding steroid dienone is 1. The van der Waals surface area contributed by atoms with E-state index in [0.717, 1.165) is 11.1 Å². The zero-order valence-electron chi connectivity index (χ0n) is 12.3. The number of fused-ring (bicyclic) bond motifs is 1. The van der Waals surface area contributed by atoms with Crippen LogP contribution < -0.4 is 5.73 Å². The Hall–Kier alpha value is -3.04. The van der Waals surface area contributed by atoms with Crippen molar-refractivity contribution in [2.24, 2.45) is 5.73 Å². The third kappa shape index (κ3) is 2.96. The number of hydrogen-bond donors (Lipinski definition) is 1. The number of nitriles is 1. The van der Waals surface area contributed by atoms with Gasteiger partial charge >= 0.3 is 0 Å². The number of imidazole rings is 1. The zero-order chi connectivity index (χ0) is 16.2. The van der Waals surface area contributed by atoms with Crippen molar-refractivity contribution >= 4 is 11.0 Å². The summed E-state index contributed by atoms with van der Waals surface area (Å²) >= 11 is 0. The lowest BCUT2D eigenvalue weighted by Gasteiger charge is -2.06. The Bertz CT molecular complexity index is 906. The number of rotatable bonds is 4. The molecule has 5 nitrogen and oxygen atoms in total. The van der Waals surface area contributed by atoms with Crippen molar-refractivity contribution in [3.8, 4) is 17.2 Å². The highest BCUT2D eigenvalue weighted by Gasteiger charge is 2.12. The van der Waals surface area contributed by atoms with E-state index in [0.29, 0.717) is 16.6 Å². The molecule has 114 valence electrons. The topological polar surface area (TPSA) is 80.5 Å². The third-order valence-electron chi connectivity index (χ3n) is 3.49. The minimum atomic E-state index is -0.336. The molecule has 0 amide bonds. The first-order chi connectivity index (χ1) is 11.2. The lowest BCUT2D eigenvalue weighted by molar-refractivity contribution is 0.558. The van der Waals surface area contributed by atoms with Crippen LogP contribution in [0.3, 0.4) is 0 Å². The van der Waals surface area contributed by atoms with Crippen molar-refractivity contribution < 1.29 is 4.39 Å². The molecule has 0 atom stereocenters. The van der Waals surface area contributed by atoms with E-state index in [1.807, 2.05) is 12.1 Å². The standard InChI is InChI=1S/C17H14FN5/c18-14(3-4-19)10-23-11-22-17-15(13-2-1-5-21-9-13)6-12(8-20)7-16(17)23/h1-3,5-7,9,11H,4,10,19H2. The van der Waals surface area contributed by atoms with Crippen molar-refractivity contribution in [2.45, 2.75) is 6.54 Å². The van der Waals surface area contributed by atoms with Gasteiger partial charge in [0.1, 0.15) is 5.83 Å². The number of nitrogens with zero attached hydrogens (tertiary/aromatic N) is 4. The Kier molecular flexibility index (Phi) is 4.13. The Labute approximate surface area is 132 Å². The molecule has 1 aromatic carbocycles. The average Bonchev–Trinajstić information content (AvgIpc) is 2.98. The molecule has 0 radical (unpaired) electrons. The minimum absolute atomic E-state index is 0.0368. The molecule has 0 aliphatic heterocycles. The molecule has 0 saturated heterocycles. The van der Waals surface area contributed by atoms with Crippen molar-refractivity contribution in [2.75, 3.05) is 6.54 Å². The van der Waals surface area contributed by atoms with E-state index in [1.54, 1.807) is 35.4 Å². The van der Waals surface area contributed by atoms with Gasteiger partial charge in [0.2, 0.25) is 0 Å². The summed E-state index contributed by atoms with van der Waals surface area (Å²) in [6, 6.07) is 9.33. The maximum atomic E-state index is 13.8. The molecule has 23 heavy (non-hydrogen) atoms. The Morgan fingerprint density at radius 1 is 1.43 bits per heavy atom. The van der Waals surface area contributed by atoms with Gasteiger partial charge in [0.25, 0.3) is 0 Å². The molecule has 2 heterocycles. The van der Waals surface area contributed by atoms with Gasteiger partial charge in [-0.25, -0.2) is 9.37 Å². The summed E-state index contributed by atoms with van der Waals surface area (Å²) in [5.74, 6) is -0.336. The number of halogens is 1. The van der Waals surface area contributed by atoms with Gasteiger partial charge < -0.3 is 10.3 Å². The quantitative estimate of drug-likeness (QED) is 0.803. The lowest BCUT2D eigenvalue weighted by Crippen LogP contribution is -2.00. The molecule has 0 aliphatic rings. The van der Waals surface area contributed by atoms with Crippen LogP contribution in [-0.4, -0.2) is 21.1 Å². The Morgan fingerprint density at radius 3 is 3.00 bits per heavy atom. The maximum absolute atomic E-state index is 13.8. The van der Waals surface area contributed by atoms with Gasteiger partial charge in [0, 0.05) is 30.1 Å². The van der Waals surface area contributed by atoms with Crippen LogP contribution in [0.4, 0.5) is 4.39 Å². The number of pyridine rings is 1. The Morgan fingerprint density at radius 2 is 2.30 bits per heavy atom. The molecule has 0 spiro atoms. The van der Waals surface area contributed by atoms with Crippen molar-refractivity contribution in [3.05, 3.63) is 60.5 Å².